The van der Waals surface area contributed by atoms with E-state index >= 15 is 13.2 Å². The van der Waals surface area contributed by atoms with Gasteiger partial charge in [0, 0.05) is 83.9 Å². The lowest BCUT2D eigenvalue weighted by atomic mass is 9.90. The number of H-pyrrole nitrogens is 1. The maximum absolute atomic E-state index is 15.0. The fourth-order valence-electron chi connectivity index (χ4n) is 9.76. The molecular weight excluding hydrogens is 1110 g/mol. The topological polar surface area (TPSA) is 308 Å². The van der Waals surface area contributed by atoms with Crippen LogP contribution in [-0.4, -0.2) is 125 Å². The number of ether oxygens (including phenoxy) is 3. The Bertz CT molecular complexity index is 3810. The summed E-state index contributed by atoms with van der Waals surface area (Å²) in [6, 6.07) is 22.6. The normalized spacial score (nSPS) is 12.8. The quantitative estimate of drug-likeness (QED) is 0.0206. The zero-order valence-electron chi connectivity index (χ0n) is 45.9. The number of carbonyl (C=O) groups excluding carboxylic acids is 7. The molecule has 8 rings (SSSR count). The van der Waals surface area contributed by atoms with Crippen LogP contribution in [0, 0.1) is 0 Å². The van der Waals surface area contributed by atoms with Gasteiger partial charge in [0.2, 0.25) is 17.7 Å². The molecule has 85 heavy (non-hydrogen) atoms. The lowest BCUT2D eigenvalue weighted by Crippen LogP contribution is -2.58. The number of amides is 4. The highest BCUT2D eigenvalue weighted by atomic mass is 19.4. The van der Waals surface area contributed by atoms with Crippen molar-refractivity contribution in [2.24, 2.45) is 7.05 Å². The number of hydrogen-bond donors (Lipinski definition) is 7. The van der Waals surface area contributed by atoms with Gasteiger partial charge >= 0.3 is 24.1 Å². The second-order valence-electron chi connectivity index (χ2n) is 19.5. The van der Waals surface area contributed by atoms with Crippen LogP contribution in [0.4, 0.5) is 13.2 Å². The summed E-state index contributed by atoms with van der Waals surface area (Å²) in [6.45, 7) is -1.19. The number of hydrogen-bond acceptors (Lipinski definition) is 15. The number of esters is 2. The van der Waals surface area contributed by atoms with Gasteiger partial charge in [-0.15, -0.1) is 0 Å². The van der Waals surface area contributed by atoms with Crippen molar-refractivity contribution in [2.45, 2.75) is 62.4 Å². The summed E-state index contributed by atoms with van der Waals surface area (Å²) < 4.78 is 67.2. The number of nitrogens with zero attached hydrogens (tertiary/aromatic N) is 2. The minimum atomic E-state index is -4.94. The number of nitrogens with one attached hydrogen (secondary N) is 6. The molecule has 0 saturated carbocycles. The number of rotatable bonds is 26. The largest absolute Gasteiger partial charge is 0.486 e. The molecule has 0 saturated heterocycles. The standard InChI is InChI=1S/C60H57F3N8O14/c1-71-47-15-9-7-13-37(47)41(54(71)60(61,62)63)28-45(65-23-24-66-55(76)33-17-19-38(42(25-33)59(80)81)53-39-14-8-10-16-49(39)85-50-27-35(72)18-20-40(50)53)57(78)68-43(21-22-51(74)82-2)56(77)70-46(26-34-30-64-32-67-34)58(79)69-44(29-52(75)83-3)48(73)31-84-36-11-5-4-6-12-36/h4-20,25,27,30,32,43-46,65H,21-24,26,28-29,31H2,1-3H3,(H,64,67)(H,66,76)(H,68,78)(H,69,79)(H,70,77)(H,80,81). The van der Waals surface area contributed by atoms with Crippen LogP contribution >= 0.6 is 0 Å². The Morgan fingerprint density at radius 3 is 2.09 bits per heavy atom. The summed E-state index contributed by atoms with van der Waals surface area (Å²) in [4.78, 5) is 128. The molecule has 2 aliphatic rings. The van der Waals surface area contributed by atoms with Crippen molar-refractivity contribution in [1.82, 2.24) is 41.1 Å². The number of fused-ring (bicyclic) bond motifs is 3. The molecule has 0 fully saturated rings. The van der Waals surface area contributed by atoms with Gasteiger partial charge in [-0.1, -0.05) is 60.7 Å². The second-order valence-corrected chi connectivity index (χ2v) is 19.5. The van der Waals surface area contributed by atoms with Gasteiger partial charge < -0.3 is 59.9 Å². The number of carboxylic acids is 1. The Kier molecular flexibility index (Phi) is 19.5. The Morgan fingerprint density at radius 1 is 0.729 bits per heavy atom. The van der Waals surface area contributed by atoms with Gasteiger partial charge in [0.05, 0.1) is 38.6 Å². The van der Waals surface area contributed by atoms with Crippen molar-refractivity contribution in [3.63, 3.8) is 0 Å². The number of benzene rings is 5. The summed E-state index contributed by atoms with van der Waals surface area (Å²) in [7, 11) is 3.37. The van der Waals surface area contributed by atoms with Gasteiger partial charge in [-0.3, -0.25) is 38.4 Å². The number of para-hydroxylation sites is 3. The molecule has 4 amide bonds. The summed E-state index contributed by atoms with van der Waals surface area (Å²) >= 11 is 0. The summed E-state index contributed by atoms with van der Waals surface area (Å²) in [5.74, 6) is -7.21. The molecular formula is C60H57F3N8O14. The molecule has 25 heteroatoms. The fourth-order valence-corrected chi connectivity index (χ4v) is 9.76. The Balaban J connectivity index is 1.05. The molecule has 0 bridgehead atoms. The number of aromatic nitrogens is 3. The van der Waals surface area contributed by atoms with Crippen LogP contribution in [-0.2, 0) is 64.3 Å². The van der Waals surface area contributed by atoms with Crippen LogP contribution in [0.15, 0.2) is 137 Å². The lowest BCUT2D eigenvalue weighted by molar-refractivity contribution is -0.144. The van der Waals surface area contributed by atoms with E-state index in [0.29, 0.717) is 33.5 Å². The average molecular weight is 1170 g/mol. The monoisotopic (exact) mass is 1170 g/mol. The van der Waals surface area contributed by atoms with E-state index in [0.717, 1.165) is 24.9 Å². The van der Waals surface area contributed by atoms with Gasteiger partial charge in [0.1, 0.15) is 47.5 Å². The Labute approximate surface area is 481 Å². The Hall–Kier alpha value is -10.2. The SMILES string of the molecule is COC(=O)CCC(NC(=O)C(Cc1c(C(F)(F)F)n(C)c2ccccc12)NCCNC(=O)c1ccc(-c2c3ccc(=O)cc-3oc3ccccc23)c(C(=O)O)c1)C(=O)NC(Cc1cnc[nH]1)C(=O)NC(CC(=O)OC)C(=O)COc1ccccc1. The number of imidazole rings is 1. The molecule has 0 spiro atoms. The molecule has 4 atom stereocenters. The van der Waals surface area contributed by atoms with Crippen molar-refractivity contribution < 1.29 is 75.3 Å². The first-order chi connectivity index (χ1) is 40.7. The molecule has 4 unspecified atom stereocenters. The summed E-state index contributed by atoms with van der Waals surface area (Å²) in [6.07, 6.45) is -4.88. The number of methoxy groups -OCH3 is 2. The van der Waals surface area contributed by atoms with E-state index in [4.69, 9.17) is 18.6 Å². The van der Waals surface area contributed by atoms with E-state index in [9.17, 15) is 48.3 Å². The van der Waals surface area contributed by atoms with Crippen LogP contribution in [0.1, 0.15) is 56.9 Å². The first-order valence-electron chi connectivity index (χ1n) is 26.5. The van der Waals surface area contributed by atoms with E-state index in [2.05, 4.69) is 36.6 Å². The maximum Gasteiger partial charge on any atom is 0.431 e. The number of Topliss-reactive ketones (excluding diaryl/α,β-unsaturated/α-hetero) is 1. The first kappa shape index (κ1) is 60.9. The molecule has 1 aliphatic heterocycles. The molecule has 22 nitrogen and oxygen atoms in total. The van der Waals surface area contributed by atoms with E-state index in [1.165, 1.54) is 68.1 Å². The number of ketones is 1. The molecule has 7 N–H and O–H groups in total. The number of aromatic carboxylic acids is 1. The fraction of sp³-hybridized carbons (Fsp3) is 0.267. The smallest absolute Gasteiger partial charge is 0.431 e. The van der Waals surface area contributed by atoms with Crippen molar-refractivity contribution in [1.29, 1.82) is 0 Å². The van der Waals surface area contributed by atoms with Gasteiger partial charge in [0.15, 0.2) is 11.2 Å². The lowest BCUT2D eigenvalue weighted by Gasteiger charge is -2.26. The van der Waals surface area contributed by atoms with Crippen molar-refractivity contribution in [3.05, 3.63) is 166 Å². The van der Waals surface area contributed by atoms with Gasteiger partial charge in [-0.2, -0.15) is 13.2 Å². The van der Waals surface area contributed by atoms with Gasteiger partial charge in [-0.25, -0.2) is 9.78 Å². The molecule has 0 radical (unpaired) electrons. The predicted molar refractivity (Wildman–Crippen MR) is 300 cm³/mol. The summed E-state index contributed by atoms with van der Waals surface area (Å²) in [5.41, 5.74) is -0.178. The molecule has 3 heterocycles. The van der Waals surface area contributed by atoms with Crippen LogP contribution < -0.4 is 36.7 Å². The van der Waals surface area contributed by atoms with Crippen molar-refractivity contribution >= 4 is 69.2 Å². The zero-order valence-corrected chi connectivity index (χ0v) is 45.9. The molecule has 4 aromatic carbocycles. The number of carboxylic acid groups (broad SMARTS) is 1. The maximum atomic E-state index is 15.0. The minimum absolute atomic E-state index is 0.0984. The van der Waals surface area contributed by atoms with Crippen LogP contribution in [0.5, 0.6) is 5.75 Å². The van der Waals surface area contributed by atoms with Crippen molar-refractivity contribution in [2.75, 3.05) is 33.9 Å². The first-order valence-corrected chi connectivity index (χ1v) is 26.5. The number of aromatic amines is 1. The third-order valence-electron chi connectivity index (χ3n) is 13.9. The van der Waals surface area contributed by atoms with E-state index in [-0.39, 0.29) is 63.9 Å². The van der Waals surface area contributed by atoms with Gasteiger partial charge in [0.25, 0.3) is 5.91 Å². The van der Waals surface area contributed by atoms with Crippen LogP contribution in [0.25, 0.3) is 44.3 Å². The minimum Gasteiger partial charge on any atom is -0.486 e. The number of aryl methyl sites for hydroxylation is 1. The highest BCUT2D eigenvalue weighted by Gasteiger charge is 2.40. The number of halogens is 3. The average Bonchev–Trinajstić information content (AvgIpc) is 3.03. The summed E-state index contributed by atoms with van der Waals surface area (Å²) in [5, 5.41) is 24.3. The molecule has 1 aliphatic carbocycles. The van der Waals surface area contributed by atoms with Crippen LogP contribution in [0.3, 0.4) is 0 Å². The third kappa shape index (κ3) is 14.9. The number of carbonyl (C=O) groups is 8. The number of alkyl halides is 3. The third-order valence-corrected chi connectivity index (χ3v) is 13.9. The van der Waals surface area contributed by atoms with Crippen LogP contribution in [0.2, 0.25) is 0 Å². The second kappa shape index (κ2) is 27.3. The highest BCUT2D eigenvalue weighted by molar-refractivity contribution is 6.09. The van der Waals surface area contributed by atoms with E-state index in [1.807, 2.05) is 0 Å². The molecule has 442 valence electrons. The predicted octanol–water partition coefficient (Wildman–Crippen LogP) is 5.29. The Morgan fingerprint density at radius 2 is 1.39 bits per heavy atom. The zero-order chi connectivity index (χ0) is 61.0. The van der Waals surface area contributed by atoms with Gasteiger partial charge in [-0.05, 0) is 72.5 Å². The van der Waals surface area contributed by atoms with E-state index < -0.39 is 116 Å². The molecule has 2 aromatic heterocycles. The van der Waals surface area contributed by atoms with E-state index in [1.54, 1.807) is 60.7 Å². The van der Waals surface area contributed by atoms with Crippen molar-refractivity contribution in [3.8, 4) is 28.2 Å². The molecule has 6 aromatic rings. The highest BCUT2D eigenvalue weighted by Crippen LogP contribution is 2.42.